The Morgan fingerprint density at radius 1 is 1.29 bits per heavy atom. The van der Waals surface area contributed by atoms with Crippen molar-refractivity contribution in [3.63, 3.8) is 0 Å². The van der Waals surface area contributed by atoms with Gasteiger partial charge in [-0.25, -0.2) is 13.9 Å². The lowest BCUT2D eigenvalue weighted by Gasteiger charge is -2.17. The maximum absolute atomic E-state index is 13.7. The molecule has 0 saturated carbocycles. The summed E-state index contributed by atoms with van der Waals surface area (Å²) in [4.78, 5) is 4.43. The number of piperidine rings is 1. The third kappa shape index (κ3) is 4.40. The van der Waals surface area contributed by atoms with Crippen molar-refractivity contribution in [2.45, 2.75) is 39.2 Å². The molecule has 4 rings (SSSR count). The predicted molar refractivity (Wildman–Crippen MR) is 110 cm³/mol. The first-order valence-electron chi connectivity index (χ1n) is 9.48. The molecule has 2 aromatic rings. The van der Waals surface area contributed by atoms with E-state index in [-0.39, 0.29) is 5.71 Å². The average molecular weight is 383 g/mol. The van der Waals surface area contributed by atoms with E-state index in [2.05, 4.69) is 15.4 Å². The normalized spacial score (nSPS) is 17.9. The lowest BCUT2D eigenvalue weighted by molar-refractivity contribution is 0.458. The molecule has 1 aliphatic heterocycles. The number of allylic oxidation sites excluding steroid dienone is 4. The summed E-state index contributed by atoms with van der Waals surface area (Å²) < 4.78 is 15.4. The van der Waals surface area contributed by atoms with Crippen LogP contribution in [-0.4, -0.2) is 45.2 Å². The lowest BCUT2D eigenvalue weighted by Crippen LogP contribution is -2.35. The molecule has 0 spiro atoms. The molecule has 1 aliphatic carbocycles. The summed E-state index contributed by atoms with van der Waals surface area (Å²) in [6.07, 6.45) is 7.61. The molecule has 0 bridgehead atoms. The fraction of sp³-hybridized carbons (Fsp3) is 0.400. The van der Waals surface area contributed by atoms with E-state index >= 15 is 0 Å². The second-order valence-electron chi connectivity index (χ2n) is 7.03. The number of fused-ring (bicyclic) bond motifs is 1. The Hall–Kier alpha value is -2.71. The smallest absolute Gasteiger partial charge is 0.156 e. The van der Waals surface area contributed by atoms with Crippen molar-refractivity contribution in [3.8, 4) is 0 Å². The topological polar surface area (TPSA) is 116 Å². The summed E-state index contributed by atoms with van der Waals surface area (Å²) in [6, 6.07) is 2.33. The fourth-order valence-electron chi connectivity index (χ4n) is 3.16. The minimum Gasteiger partial charge on any atom is -0.328 e. The first kappa shape index (κ1) is 20.0. The Balaban J connectivity index is 0.000000271. The Bertz CT molecular complexity index is 964. The van der Waals surface area contributed by atoms with Gasteiger partial charge in [0.2, 0.25) is 0 Å². The van der Waals surface area contributed by atoms with Gasteiger partial charge in [0, 0.05) is 11.6 Å². The second-order valence-corrected chi connectivity index (χ2v) is 7.03. The zero-order valence-corrected chi connectivity index (χ0v) is 16.2. The van der Waals surface area contributed by atoms with Crippen LogP contribution in [0.25, 0.3) is 11.2 Å². The number of rotatable bonds is 2. The number of nitrogens with two attached hydrogens (primary N) is 1. The number of imidazole rings is 1. The molecule has 1 saturated heterocycles. The molecular weight excluding hydrogens is 357 g/mol. The molecule has 0 radical (unpaired) electrons. The molecule has 0 amide bonds. The summed E-state index contributed by atoms with van der Waals surface area (Å²) in [5, 5.41) is 22.7. The number of nitrogens with zero attached hydrogens (tertiary/aromatic N) is 3. The van der Waals surface area contributed by atoms with E-state index in [1.165, 1.54) is 12.2 Å². The van der Waals surface area contributed by atoms with E-state index in [1.807, 2.05) is 26.1 Å². The van der Waals surface area contributed by atoms with Crippen LogP contribution in [0.3, 0.4) is 0 Å². The summed E-state index contributed by atoms with van der Waals surface area (Å²) in [6.45, 7) is 6.14. The standard InChI is InChI=1S/C15H14FN5.C5H12N2/c1-3-9-6-13(20-21-7-8(2)19-15(9)21)10-4-11(16)14(18)12(17)5-10;6-5-1-3-7-4-2-5/h4-7,17-18H,3H2,1-2H3;5,7H,1-4,6H2. The van der Waals surface area contributed by atoms with Gasteiger partial charge >= 0.3 is 0 Å². The number of nitrogens with one attached hydrogen (secondary N) is 3. The van der Waals surface area contributed by atoms with Crippen LogP contribution in [0.2, 0.25) is 0 Å². The van der Waals surface area contributed by atoms with Crippen molar-refractivity contribution in [2.75, 3.05) is 13.1 Å². The van der Waals surface area contributed by atoms with Crippen LogP contribution in [0.15, 0.2) is 30.2 Å². The van der Waals surface area contributed by atoms with E-state index in [0.29, 0.717) is 17.3 Å². The maximum atomic E-state index is 13.7. The molecule has 2 aromatic heterocycles. The quantitative estimate of drug-likeness (QED) is 0.597. The van der Waals surface area contributed by atoms with E-state index in [1.54, 1.807) is 4.52 Å². The van der Waals surface area contributed by atoms with Crippen molar-refractivity contribution in [2.24, 2.45) is 5.73 Å². The van der Waals surface area contributed by atoms with Gasteiger partial charge in [-0.1, -0.05) is 6.92 Å². The van der Waals surface area contributed by atoms with Crippen LogP contribution in [0.4, 0.5) is 4.39 Å². The van der Waals surface area contributed by atoms with Crippen molar-refractivity contribution >= 4 is 22.6 Å². The van der Waals surface area contributed by atoms with Crippen LogP contribution < -0.4 is 11.1 Å². The Morgan fingerprint density at radius 3 is 2.57 bits per heavy atom. The summed E-state index contributed by atoms with van der Waals surface area (Å²) in [7, 11) is 0. The molecular formula is C20H26FN7. The summed E-state index contributed by atoms with van der Waals surface area (Å²) in [5.74, 6) is -0.709. The van der Waals surface area contributed by atoms with E-state index < -0.39 is 11.5 Å². The summed E-state index contributed by atoms with van der Waals surface area (Å²) >= 11 is 0. The third-order valence-electron chi connectivity index (χ3n) is 4.77. The Morgan fingerprint density at radius 2 is 2.00 bits per heavy atom. The van der Waals surface area contributed by atoms with Gasteiger partial charge in [0.05, 0.1) is 23.3 Å². The van der Waals surface area contributed by atoms with Gasteiger partial charge in [-0.2, -0.15) is 5.10 Å². The van der Waals surface area contributed by atoms with Crippen LogP contribution in [0.1, 0.15) is 36.7 Å². The number of halogens is 1. The van der Waals surface area contributed by atoms with Crippen molar-refractivity contribution in [3.05, 3.63) is 47.2 Å². The molecule has 148 valence electrons. The van der Waals surface area contributed by atoms with Gasteiger partial charge in [-0.05, 0) is 63.1 Å². The highest BCUT2D eigenvalue weighted by molar-refractivity contribution is 6.51. The minimum atomic E-state index is -0.709. The molecule has 3 heterocycles. The van der Waals surface area contributed by atoms with Gasteiger partial charge in [-0.3, -0.25) is 10.8 Å². The fourth-order valence-corrected chi connectivity index (χ4v) is 3.16. The van der Waals surface area contributed by atoms with Gasteiger partial charge < -0.3 is 11.1 Å². The largest absolute Gasteiger partial charge is 0.328 e. The van der Waals surface area contributed by atoms with Gasteiger partial charge in [0.25, 0.3) is 0 Å². The average Bonchev–Trinajstić information content (AvgIpc) is 3.06. The lowest BCUT2D eigenvalue weighted by atomic mass is 9.99. The van der Waals surface area contributed by atoms with Crippen LogP contribution in [0, 0.1) is 17.7 Å². The molecule has 28 heavy (non-hydrogen) atoms. The van der Waals surface area contributed by atoms with Crippen molar-refractivity contribution in [1.29, 1.82) is 10.8 Å². The zero-order chi connectivity index (χ0) is 20.3. The van der Waals surface area contributed by atoms with Crippen molar-refractivity contribution in [1.82, 2.24) is 19.9 Å². The molecule has 0 aromatic carbocycles. The van der Waals surface area contributed by atoms with Gasteiger partial charge in [-0.15, -0.1) is 0 Å². The monoisotopic (exact) mass is 383 g/mol. The number of hydrogen-bond donors (Lipinski definition) is 4. The molecule has 1 fully saturated rings. The van der Waals surface area contributed by atoms with E-state index in [0.717, 1.165) is 49.3 Å². The zero-order valence-electron chi connectivity index (χ0n) is 16.2. The second kappa shape index (κ2) is 8.53. The number of hydrogen-bond acceptors (Lipinski definition) is 6. The molecule has 5 N–H and O–H groups in total. The molecule has 7 nitrogen and oxygen atoms in total. The van der Waals surface area contributed by atoms with Crippen LogP contribution >= 0.6 is 0 Å². The van der Waals surface area contributed by atoms with Crippen LogP contribution in [-0.2, 0) is 6.42 Å². The number of aryl methyl sites for hydroxylation is 2. The summed E-state index contributed by atoms with van der Waals surface area (Å²) in [5.41, 5.74) is 8.79. The minimum absolute atomic E-state index is 0.147. The molecule has 0 unspecified atom stereocenters. The Labute approximate surface area is 163 Å². The van der Waals surface area contributed by atoms with Gasteiger partial charge in [0.15, 0.2) is 11.5 Å². The predicted octanol–water partition coefficient (Wildman–Crippen LogP) is 2.59. The van der Waals surface area contributed by atoms with E-state index in [4.69, 9.17) is 16.6 Å². The third-order valence-corrected chi connectivity index (χ3v) is 4.77. The first-order valence-corrected chi connectivity index (χ1v) is 9.48. The molecule has 8 heteroatoms. The highest BCUT2D eigenvalue weighted by atomic mass is 19.1. The van der Waals surface area contributed by atoms with Gasteiger partial charge in [0.1, 0.15) is 5.71 Å². The number of aromatic nitrogens is 3. The maximum Gasteiger partial charge on any atom is 0.156 e. The van der Waals surface area contributed by atoms with Crippen molar-refractivity contribution < 1.29 is 4.39 Å². The van der Waals surface area contributed by atoms with E-state index in [9.17, 15) is 4.39 Å². The highest BCUT2D eigenvalue weighted by Gasteiger charge is 2.18. The Kier molecular flexibility index (Phi) is 6.11. The SMILES string of the molecule is CCc1cc(C2=CC(=N)C(=N)C(F)=C2)nn2cc(C)nc12.NC1CCNCC1. The molecule has 2 aliphatic rings. The highest BCUT2D eigenvalue weighted by Crippen LogP contribution is 2.24. The molecule has 0 atom stereocenters. The first-order chi connectivity index (χ1) is 13.4. The van der Waals surface area contributed by atoms with Crippen LogP contribution in [0.5, 0.6) is 0 Å².